The van der Waals surface area contributed by atoms with Crippen molar-refractivity contribution < 1.29 is 9.59 Å². The summed E-state index contributed by atoms with van der Waals surface area (Å²) < 4.78 is 0. The van der Waals surface area contributed by atoms with Crippen LogP contribution in [0.5, 0.6) is 0 Å². The molecule has 0 aliphatic carbocycles. The van der Waals surface area contributed by atoms with Gasteiger partial charge in [0.2, 0.25) is 5.91 Å². The van der Waals surface area contributed by atoms with Crippen molar-refractivity contribution in [2.24, 2.45) is 11.7 Å². The number of urea groups is 1. The highest BCUT2D eigenvalue weighted by Crippen LogP contribution is 2.14. The lowest BCUT2D eigenvalue weighted by atomic mass is 10.1. The van der Waals surface area contributed by atoms with Gasteiger partial charge in [-0.3, -0.25) is 10.1 Å². The highest BCUT2D eigenvalue weighted by Gasteiger charge is 2.21. The van der Waals surface area contributed by atoms with Crippen molar-refractivity contribution in [3.05, 3.63) is 0 Å². The molecule has 0 aromatic carbocycles. The minimum Gasteiger partial charge on any atom is -0.341 e. The molecule has 1 heterocycles. The third-order valence-corrected chi connectivity index (χ3v) is 2.84. The fourth-order valence-corrected chi connectivity index (χ4v) is 1.82. The van der Waals surface area contributed by atoms with Gasteiger partial charge in [0, 0.05) is 26.6 Å². The molecule has 0 saturated carbocycles. The average Bonchev–Trinajstić information content (AvgIpc) is 2.74. The van der Waals surface area contributed by atoms with E-state index in [-0.39, 0.29) is 18.3 Å². The van der Waals surface area contributed by atoms with E-state index < -0.39 is 6.03 Å². The number of carbonyl (C=O) groups excluding carboxylic acids is 2. The predicted molar refractivity (Wildman–Crippen MR) is 68.1 cm³/mol. The Kier molecular flexibility index (Phi) is 7.86. The normalized spacial score (nSPS) is 19.5. The lowest BCUT2D eigenvalue weighted by molar-refractivity contribution is -0.120. The highest BCUT2D eigenvalue weighted by atomic mass is 35.5. The Morgan fingerprint density at radius 1 is 1.47 bits per heavy atom. The van der Waals surface area contributed by atoms with Gasteiger partial charge in [-0.25, -0.2) is 4.79 Å². The Labute approximate surface area is 108 Å². The van der Waals surface area contributed by atoms with E-state index in [1.807, 2.05) is 0 Å². The lowest BCUT2D eigenvalue weighted by Gasteiger charge is -2.14. The number of hydrogen-bond donors (Lipinski definition) is 3. The Hall–Kier alpha value is -0.850. The van der Waals surface area contributed by atoms with Gasteiger partial charge in [0.1, 0.15) is 0 Å². The van der Waals surface area contributed by atoms with E-state index in [0.717, 1.165) is 19.5 Å². The summed E-state index contributed by atoms with van der Waals surface area (Å²) >= 11 is 0. The van der Waals surface area contributed by atoms with Crippen molar-refractivity contribution in [1.29, 1.82) is 0 Å². The molecule has 0 spiro atoms. The number of nitrogens with one attached hydrogen (secondary N) is 2. The summed E-state index contributed by atoms with van der Waals surface area (Å²) in [6.07, 6.45) is 1.46. The molecular formula is C10H21ClN4O2. The molecule has 1 saturated heterocycles. The highest BCUT2D eigenvalue weighted by molar-refractivity contribution is 5.94. The zero-order valence-electron chi connectivity index (χ0n) is 10.1. The number of hydrogen-bond acceptors (Lipinski definition) is 4. The van der Waals surface area contributed by atoms with Gasteiger partial charge >= 0.3 is 6.03 Å². The van der Waals surface area contributed by atoms with Crippen LogP contribution in [-0.4, -0.2) is 50.1 Å². The summed E-state index contributed by atoms with van der Waals surface area (Å²) in [6.45, 7) is 3.36. The second-order valence-electron chi connectivity index (χ2n) is 4.07. The van der Waals surface area contributed by atoms with E-state index >= 15 is 0 Å². The number of nitrogens with two attached hydrogens (primary N) is 1. The van der Waals surface area contributed by atoms with Crippen LogP contribution in [-0.2, 0) is 4.79 Å². The van der Waals surface area contributed by atoms with E-state index in [0.29, 0.717) is 25.4 Å². The van der Waals surface area contributed by atoms with Gasteiger partial charge in [-0.05, 0) is 25.4 Å². The maximum Gasteiger partial charge on any atom is 0.321 e. The fourth-order valence-electron chi connectivity index (χ4n) is 1.82. The molecule has 7 heteroatoms. The van der Waals surface area contributed by atoms with Gasteiger partial charge in [0.05, 0.1) is 0 Å². The van der Waals surface area contributed by atoms with Crippen molar-refractivity contribution in [2.45, 2.75) is 12.8 Å². The van der Waals surface area contributed by atoms with Crippen LogP contribution >= 0.6 is 12.4 Å². The van der Waals surface area contributed by atoms with Gasteiger partial charge < -0.3 is 16.0 Å². The fraction of sp³-hybridized carbons (Fsp3) is 0.800. The van der Waals surface area contributed by atoms with Crippen LogP contribution in [0.4, 0.5) is 4.79 Å². The first kappa shape index (κ1) is 16.1. The van der Waals surface area contributed by atoms with Gasteiger partial charge in [0.25, 0.3) is 0 Å². The summed E-state index contributed by atoms with van der Waals surface area (Å²) in [5, 5.41) is 4.58. The van der Waals surface area contributed by atoms with Crippen molar-refractivity contribution in [2.75, 3.05) is 33.2 Å². The minimum absolute atomic E-state index is 0. The summed E-state index contributed by atoms with van der Waals surface area (Å²) in [7, 11) is 1.48. The van der Waals surface area contributed by atoms with Crippen LogP contribution in [0.15, 0.2) is 0 Å². The van der Waals surface area contributed by atoms with Crippen molar-refractivity contribution in [1.82, 2.24) is 15.5 Å². The van der Waals surface area contributed by atoms with Gasteiger partial charge in [0.15, 0.2) is 0 Å². The molecule has 100 valence electrons. The summed E-state index contributed by atoms with van der Waals surface area (Å²) in [5.74, 6) is 0.317. The Bertz CT molecular complexity index is 263. The standard InChI is InChI=1S/C10H20N4O2.ClH/c1-12-10(16)13-9(15)3-5-14-4-2-8(6-11)7-14;/h8H,2-7,11H2,1H3,(H2,12,13,15,16);1H. The SMILES string of the molecule is CNC(=O)NC(=O)CCN1CCC(CN)C1.Cl. The molecule has 1 unspecified atom stereocenters. The zero-order chi connectivity index (χ0) is 12.0. The smallest absolute Gasteiger partial charge is 0.321 e. The molecule has 0 aromatic heterocycles. The number of carbonyl (C=O) groups is 2. The van der Waals surface area contributed by atoms with E-state index in [1.54, 1.807) is 0 Å². The molecule has 1 fully saturated rings. The van der Waals surface area contributed by atoms with Crippen LogP contribution in [0, 0.1) is 5.92 Å². The molecule has 17 heavy (non-hydrogen) atoms. The molecular weight excluding hydrogens is 244 g/mol. The number of halogens is 1. The molecule has 0 aromatic rings. The number of imide groups is 1. The largest absolute Gasteiger partial charge is 0.341 e. The van der Waals surface area contributed by atoms with Gasteiger partial charge in [-0.15, -0.1) is 12.4 Å². The second-order valence-corrected chi connectivity index (χ2v) is 4.07. The maximum absolute atomic E-state index is 11.3. The lowest BCUT2D eigenvalue weighted by Crippen LogP contribution is -2.39. The van der Waals surface area contributed by atoms with Crippen LogP contribution in [0.1, 0.15) is 12.8 Å². The topological polar surface area (TPSA) is 87.5 Å². The summed E-state index contributed by atoms with van der Waals surface area (Å²) in [5.41, 5.74) is 5.58. The summed E-state index contributed by atoms with van der Waals surface area (Å²) in [6, 6.07) is -0.453. The minimum atomic E-state index is -0.453. The summed E-state index contributed by atoms with van der Waals surface area (Å²) in [4.78, 5) is 24.3. The van der Waals surface area contributed by atoms with E-state index in [1.165, 1.54) is 7.05 Å². The molecule has 1 atom stereocenters. The van der Waals surface area contributed by atoms with Crippen molar-refractivity contribution >= 4 is 24.3 Å². The van der Waals surface area contributed by atoms with Crippen molar-refractivity contribution in [3.63, 3.8) is 0 Å². The van der Waals surface area contributed by atoms with Crippen LogP contribution in [0.3, 0.4) is 0 Å². The van der Waals surface area contributed by atoms with E-state index in [4.69, 9.17) is 5.73 Å². The molecule has 1 aliphatic heterocycles. The van der Waals surface area contributed by atoms with Gasteiger partial charge in [-0.2, -0.15) is 0 Å². The third-order valence-electron chi connectivity index (χ3n) is 2.84. The molecule has 1 aliphatic rings. The first-order valence-electron chi connectivity index (χ1n) is 5.59. The quantitative estimate of drug-likeness (QED) is 0.641. The number of nitrogens with zero attached hydrogens (tertiary/aromatic N) is 1. The zero-order valence-corrected chi connectivity index (χ0v) is 10.9. The van der Waals surface area contributed by atoms with E-state index in [9.17, 15) is 9.59 Å². The molecule has 0 radical (unpaired) electrons. The third kappa shape index (κ3) is 5.86. The second kappa shape index (κ2) is 8.27. The van der Waals surface area contributed by atoms with E-state index in [2.05, 4.69) is 15.5 Å². The van der Waals surface area contributed by atoms with Crippen LogP contribution < -0.4 is 16.4 Å². The molecule has 4 N–H and O–H groups in total. The van der Waals surface area contributed by atoms with Crippen LogP contribution in [0.25, 0.3) is 0 Å². The molecule has 3 amide bonds. The Balaban J connectivity index is 0.00000256. The maximum atomic E-state index is 11.3. The van der Waals surface area contributed by atoms with Gasteiger partial charge in [-0.1, -0.05) is 0 Å². The number of amides is 3. The average molecular weight is 265 g/mol. The van der Waals surface area contributed by atoms with Crippen molar-refractivity contribution in [3.8, 4) is 0 Å². The number of likely N-dealkylation sites (tertiary alicyclic amines) is 1. The predicted octanol–water partition coefficient (Wildman–Crippen LogP) is -0.465. The van der Waals surface area contributed by atoms with Crippen LogP contribution in [0.2, 0.25) is 0 Å². The molecule has 6 nitrogen and oxygen atoms in total. The number of rotatable bonds is 4. The molecule has 0 bridgehead atoms. The Morgan fingerprint density at radius 3 is 2.71 bits per heavy atom. The Morgan fingerprint density at radius 2 is 2.18 bits per heavy atom. The first-order valence-corrected chi connectivity index (χ1v) is 5.59. The first-order chi connectivity index (χ1) is 7.65. The monoisotopic (exact) mass is 264 g/mol. The molecule has 1 rings (SSSR count).